The molecule has 31 heavy (non-hydrogen) atoms. The smallest absolute Gasteiger partial charge is 0.371 e. The van der Waals surface area contributed by atoms with Crippen molar-refractivity contribution in [3.8, 4) is 0 Å². The Morgan fingerprint density at radius 1 is 0.935 bits per heavy atom. The number of piperidine rings is 1. The average Bonchev–Trinajstić information content (AvgIpc) is 3.15. The molecule has 0 spiro atoms. The third-order valence-corrected chi connectivity index (χ3v) is 5.58. The van der Waals surface area contributed by atoms with Crippen LogP contribution in [-0.4, -0.2) is 37.7 Å². The Kier molecular flexibility index (Phi) is 5.42. The van der Waals surface area contributed by atoms with Crippen LogP contribution < -0.4 is 0 Å². The van der Waals surface area contributed by atoms with Crippen LogP contribution in [0.2, 0.25) is 0 Å². The third-order valence-electron chi connectivity index (χ3n) is 5.58. The summed E-state index contributed by atoms with van der Waals surface area (Å²) in [5, 5.41) is 18.2. The Morgan fingerprint density at radius 3 is 2.26 bits per heavy atom. The van der Waals surface area contributed by atoms with Crippen LogP contribution in [0.25, 0.3) is 5.65 Å². The molecule has 0 saturated carbocycles. The molecule has 1 saturated heterocycles. The van der Waals surface area contributed by atoms with E-state index in [9.17, 15) is 31.4 Å². The van der Waals surface area contributed by atoms with E-state index in [0.717, 1.165) is 24.4 Å². The SMILES string of the molecule is OC(c1nnc2cc(C(F)(F)F)ccn12)N1CCC(c2ccccc2C(F)(F)F)CC1. The van der Waals surface area contributed by atoms with Crippen molar-refractivity contribution in [2.45, 2.75) is 37.3 Å². The topological polar surface area (TPSA) is 53.7 Å². The summed E-state index contributed by atoms with van der Waals surface area (Å²) in [4.78, 5) is 1.63. The second-order valence-corrected chi connectivity index (χ2v) is 7.47. The van der Waals surface area contributed by atoms with Crippen molar-refractivity contribution in [2.24, 2.45) is 0 Å². The van der Waals surface area contributed by atoms with Gasteiger partial charge in [-0.05, 0) is 42.5 Å². The molecule has 1 aliphatic heterocycles. The van der Waals surface area contributed by atoms with Gasteiger partial charge < -0.3 is 5.11 Å². The molecule has 1 unspecified atom stereocenters. The Balaban J connectivity index is 1.50. The third kappa shape index (κ3) is 4.24. The highest BCUT2D eigenvalue weighted by Gasteiger charge is 2.37. The second-order valence-electron chi connectivity index (χ2n) is 7.47. The van der Waals surface area contributed by atoms with E-state index in [1.165, 1.54) is 16.5 Å². The van der Waals surface area contributed by atoms with Crippen molar-refractivity contribution < 1.29 is 31.4 Å². The summed E-state index contributed by atoms with van der Waals surface area (Å²) in [6, 6.07) is 7.17. The van der Waals surface area contributed by atoms with E-state index in [1.54, 1.807) is 11.0 Å². The van der Waals surface area contributed by atoms with Gasteiger partial charge >= 0.3 is 12.4 Å². The molecule has 1 fully saturated rings. The Hall–Kier alpha value is -2.66. The lowest BCUT2D eigenvalue weighted by Crippen LogP contribution is -2.37. The van der Waals surface area contributed by atoms with E-state index in [2.05, 4.69) is 10.2 Å². The molecule has 3 aromatic rings. The molecule has 0 amide bonds. The molecular weight excluding hydrogens is 426 g/mol. The monoisotopic (exact) mass is 444 g/mol. The lowest BCUT2D eigenvalue weighted by molar-refractivity contribution is -0.139. The maximum atomic E-state index is 13.3. The van der Waals surface area contributed by atoms with Gasteiger partial charge in [0, 0.05) is 19.3 Å². The molecule has 1 aromatic carbocycles. The van der Waals surface area contributed by atoms with E-state index in [-0.39, 0.29) is 23.0 Å². The molecule has 1 aliphatic rings. The minimum absolute atomic E-state index is 0.0536. The number of halogens is 6. The second kappa shape index (κ2) is 7.79. The zero-order valence-electron chi connectivity index (χ0n) is 16.0. The number of nitrogens with zero attached hydrogens (tertiary/aromatic N) is 4. The standard InChI is InChI=1S/C20H18F6N4O/c21-19(22,23)13-7-10-30-16(11-13)27-28-17(30)18(31)29-8-5-12(6-9-29)14-3-1-2-4-15(14)20(24,25)26/h1-4,7,10-12,18,31H,5-6,8-9H2. The highest BCUT2D eigenvalue weighted by atomic mass is 19.4. The summed E-state index contributed by atoms with van der Waals surface area (Å²) in [5.41, 5.74) is -1.36. The van der Waals surface area contributed by atoms with E-state index in [1.807, 2.05) is 0 Å². The number of likely N-dealkylation sites (tertiary alicyclic amines) is 1. The predicted molar refractivity (Wildman–Crippen MR) is 97.9 cm³/mol. The molecule has 0 bridgehead atoms. The molecule has 166 valence electrons. The fourth-order valence-corrected chi connectivity index (χ4v) is 3.99. The average molecular weight is 444 g/mol. The van der Waals surface area contributed by atoms with Crippen LogP contribution in [-0.2, 0) is 12.4 Å². The van der Waals surface area contributed by atoms with Gasteiger partial charge in [-0.3, -0.25) is 9.30 Å². The number of rotatable bonds is 3. The fourth-order valence-electron chi connectivity index (χ4n) is 3.99. The van der Waals surface area contributed by atoms with Gasteiger partial charge in [0.1, 0.15) is 0 Å². The summed E-state index contributed by atoms with van der Waals surface area (Å²) in [5.74, 6) is -0.261. The first-order chi connectivity index (χ1) is 14.6. The minimum Gasteiger partial charge on any atom is -0.371 e. The van der Waals surface area contributed by atoms with Crippen LogP contribution in [0.3, 0.4) is 0 Å². The maximum absolute atomic E-state index is 13.3. The number of aromatic nitrogens is 3. The van der Waals surface area contributed by atoms with Crippen LogP contribution in [0.5, 0.6) is 0 Å². The summed E-state index contributed by atoms with van der Waals surface area (Å²) in [6.45, 7) is 0.598. The number of aliphatic hydroxyl groups excluding tert-OH is 1. The summed E-state index contributed by atoms with van der Waals surface area (Å²) < 4.78 is 79.8. The summed E-state index contributed by atoms with van der Waals surface area (Å²) in [6.07, 6.45) is -8.30. The van der Waals surface area contributed by atoms with Gasteiger partial charge in [-0.15, -0.1) is 10.2 Å². The summed E-state index contributed by atoms with van der Waals surface area (Å²) in [7, 11) is 0. The Labute approximate surface area is 172 Å². The van der Waals surface area contributed by atoms with E-state index < -0.39 is 29.7 Å². The van der Waals surface area contributed by atoms with Gasteiger partial charge in [-0.2, -0.15) is 26.3 Å². The number of alkyl halides is 6. The molecule has 1 N–H and O–H groups in total. The van der Waals surface area contributed by atoms with Crippen molar-refractivity contribution in [3.63, 3.8) is 0 Å². The highest BCUT2D eigenvalue weighted by molar-refractivity contribution is 5.42. The van der Waals surface area contributed by atoms with Crippen molar-refractivity contribution in [2.75, 3.05) is 13.1 Å². The number of hydrogen-bond donors (Lipinski definition) is 1. The highest BCUT2D eigenvalue weighted by Crippen LogP contribution is 2.39. The number of benzene rings is 1. The number of hydrogen-bond acceptors (Lipinski definition) is 4. The van der Waals surface area contributed by atoms with Crippen molar-refractivity contribution in [1.29, 1.82) is 0 Å². The van der Waals surface area contributed by atoms with E-state index in [4.69, 9.17) is 0 Å². The number of pyridine rings is 1. The zero-order valence-corrected chi connectivity index (χ0v) is 16.0. The van der Waals surface area contributed by atoms with Crippen molar-refractivity contribution >= 4 is 5.65 Å². The van der Waals surface area contributed by atoms with E-state index >= 15 is 0 Å². The minimum atomic E-state index is -4.53. The van der Waals surface area contributed by atoms with Gasteiger partial charge in [0.15, 0.2) is 17.7 Å². The van der Waals surface area contributed by atoms with Gasteiger partial charge in [-0.1, -0.05) is 18.2 Å². The fraction of sp³-hybridized carbons (Fsp3) is 0.400. The van der Waals surface area contributed by atoms with Crippen LogP contribution in [0.1, 0.15) is 47.5 Å². The van der Waals surface area contributed by atoms with Crippen molar-refractivity contribution in [1.82, 2.24) is 19.5 Å². The van der Waals surface area contributed by atoms with Gasteiger partial charge in [0.2, 0.25) is 0 Å². The van der Waals surface area contributed by atoms with Gasteiger partial charge in [0.25, 0.3) is 0 Å². The molecule has 0 aliphatic carbocycles. The van der Waals surface area contributed by atoms with Gasteiger partial charge in [-0.25, -0.2) is 0 Å². The normalized spacial score (nSPS) is 17.9. The van der Waals surface area contributed by atoms with Crippen molar-refractivity contribution in [3.05, 3.63) is 65.1 Å². The molecule has 1 atom stereocenters. The number of fused-ring (bicyclic) bond motifs is 1. The molecule has 5 nitrogen and oxygen atoms in total. The lowest BCUT2D eigenvalue weighted by atomic mass is 9.86. The van der Waals surface area contributed by atoms with E-state index in [0.29, 0.717) is 25.9 Å². The zero-order chi connectivity index (χ0) is 22.4. The maximum Gasteiger partial charge on any atom is 0.416 e. The molecular formula is C20H18F6N4O. The predicted octanol–water partition coefficient (Wildman–Crippen LogP) is 4.64. The molecule has 3 heterocycles. The largest absolute Gasteiger partial charge is 0.416 e. The summed E-state index contributed by atoms with van der Waals surface area (Å²) >= 11 is 0. The molecule has 11 heteroatoms. The molecule has 4 rings (SSSR count). The van der Waals surface area contributed by atoms with Crippen LogP contribution >= 0.6 is 0 Å². The first-order valence-electron chi connectivity index (χ1n) is 9.56. The molecule has 0 radical (unpaired) electrons. The van der Waals surface area contributed by atoms with Crippen LogP contribution in [0.4, 0.5) is 26.3 Å². The number of aliphatic hydroxyl groups is 1. The van der Waals surface area contributed by atoms with Crippen LogP contribution in [0.15, 0.2) is 42.6 Å². The Morgan fingerprint density at radius 2 is 1.61 bits per heavy atom. The van der Waals surface area contributed by atoms with Gasteiger partial charge in [0.05, 0.1) is 11.1 Å². The van der Waals surface area contributed by atoms with Crippen LogP contribution in [0, 0.1) is 0 Å². The Bertz CT molecular complexity index is 1070. The first kappa shape index (κ1) is 21.6. The lowest BCUT2D eigenvalue weighted by Gasteiger charge is -2.35. The quantitative estimate of drug-likeness (QED) is 0.599. The first-order valence-corrected chi connectivity index (χ1v) is 9.56. The molecule has 2 aromatic heterocycles.